The standard InChI is InChI=1S/C10H10Cl2N2OS/c1-2-13-4-6-5-15-10(14-6)7-3-8(11)16-9(7)12/h3,5,13H,2,4H2,1H3. The molecule has 1 N–H and O–H groups in total. The lowest BCUT2D eigenvalue weighted by molar-refractivity contribution is 0.571. The maximum absolute atomic E-state index is 6.01. The molecule has 0 atom stereocenters. The van der Waals surface area contributed by atoms with Gasteiger partial charge in [0.05, 0.1) is 15.6 Å². The van der Waals surface area contributed by atoms with E-state index in [1.807, 2.05) is 6.92 Å². The van der Waals surface area contributed by atoms with E-state index in [9.17, 15) is 0 Å². The summed E-state index contributed by atoms with van der Waals surface area (Å²) in [5.74, 6) is 0.515. The van der Waals surface area contributed by atoms with Crippen molar-refractivity contribution >= 4 is 34.5 Å². The average Bonchev–Trinajstić information content (AvgIpc) is 2.82. The maximum atomic E-state index is 6.01. The Labute approximate surface area is 107 Å². The van der Waals surface area contributed by atoms with Crippen LogP contribution in [0.15, 0.2) is 16.7 Å². The number of hydrogen-bond acceptors (Lipinski definition) is 4. The molecule has 0 aliphatic rings. The Morgan fingerprint density at radius 1 is 1.50 bits per heavy atom. The normalized spacial score (nSPS) is 10.9. The zero-order chi connectivity index (χ0) is 11.5. The summed E-state index contributed by atoms with van der Waals surface area (Å²) >= 11 is 13.2. The molecule has 2 heterocycles. The van der Waals surface area contributed by atoms with Crippen LogP contribution >= 0.6 is 34.5 Å². The van der Waals surface area contributed by atoms with Crippen LogP contribution in [0.25, 0.3) is 11.5 Å². The third-order valence-electron chi connectivity index (χ3n) is 1.99. The van der Waals surface area contributed by atoms with Crippen LogP contribution in [0.2, 0.25) is 8.67 Å². The van der Waals surface area contributed by atoms with E-state index >= 15 is 0 Å². The number of nitrogens with one attached hydrogen (secondary N) is 1. The predicted octanol–water partition coefficient (Wildman–Crippen LogP) is 3.82. The van der Waals surface area contributed by atoms with Crippen molar-refractivity contribution in [3.05, 3.63) is 26.7 Å². The van der Waals surface area contributed by atoms with Crippen molar-refractivity contribution in [2.24, 2.45) is 0 Å². The number of oxazole rings is 1. The van der Waals surface area contributed by atoms with E-state index in [0.717, 1.165) is 17.8 Å². The highest BCUT2D eigenvalue weighted by atomic mass is 35.5. The lowest BCUT2D eigenvalue weighted by atomic mass is 10.3. The first-order valence-electron chi connectivity index (χ1n) is 4.81. The molecule has 0 amide bonds. The summed E-state index contributed by atoms with van der Waals surface area (Å²) in [6.45, 7) is 3.62. The van der Waals surface area contributed by atoms with Crippen LogP contribution in [0.5, 0.6) is 0 Å². The highest BCUT2D eigenvalue weighted by molar-refractivity contribution is 7.20. The van der Waals surface area contributed by atoms with E-state index in [1.54, 1.807) is 12.3 Å². The van der Waals surface area contributed by atoms with Crippen molar-refractivity contribution in [1.29, 1.82) is 0 Å². The molecule has 6 heteroatoms. The summed E-state index contributed by atoms with van der Waals surface area (Å²) in [7, 11) is 0. The van der Waals surface area contributed by atoms with Crippen LogP contribution < -0.4 is 5.32 Å². The quantitative estimate of drug-likeness (QED) is 0.923. The Balaban J connectivity index is 2.21. The largest absolute Gasteiger partial charge is 0.444 e. The highest BCUT2D eigenvalue weighted by Gasteiger charge is 2.13. The van der Waals surface area contributed by atoms with Gasteiger partial charge in [0, 0.05) is 6.54 Å². The van der Waals surface area contributed by atoms with Crippen molar-refractivity contribution < 1.29 is 4.42 Å². The third-order valence-corrected chi connectivity index (χ3v) is 3.48. The zero-order valence-corrected chi connectivity index (χ0v) is 10.9. The lowest BCUT2D eigenvalue weighted by Gasteiger charge is -1.94. The van der Waals surface area contributed by atoms with Crippen LogP contribution in [0.3, 0.4) is 0 Å². The molecule has 0 saturated heterocycles. The number of thiophene rings is 1. The second-order valence-corrected chi connectivity index (χ2v) is 5.45. The van der Waals surface area contributed by atoms with Crippen LogP contribution in [-0.2, 0) is 6.54 Å². The Hall–Kier alpha value is -0.550. The topological polar surface area (TPSA) is 38.1 Å². The minimum atomic E-state index is 0.515. The SMILES string of the molecule is CCNCc1coc(-c2cc(Cl)sc2Cl)n1. The molecule has 0 unspecified atom stereocenters. The molecule has 86 valence electrons. The van der Waals surface area contributed by atoms with E-state index < -0.39 is 0 Å². The zero-order valence-electron chi connectivity index (χ0n) is 8.59. The summed E-state index contributed by atoms with van der Waals surface area (Å²) < 4.78 is 6.58. The lowest BCUT2D eigenvalue weighted by Crippen LogP contribution is -2.11. The van der Waals surface area contributed by atoms with Gasteiger partial charge in [-0.3, -0.25) is 0 Å². The van der Waals surface area contributed by atoms with E-state index in [1.165, 1.54) is 11.3 Å². The molecule has 0 aromatic carbocycles. The summed E-state index contributed by atoms with van der Waals surface area (Å²) in [4.78, 5) is 4.33. The minimum Gasteiger partial charge on any atom is -0.444 e. The Morgan fingerprint density at radius 2 is 2.31 bits per heavy atom. The van der Waals surface area contributed by atoms with Gasteiger partial charge < -0.3 is 9.73 Å². The average molecular weight is 277 g/mol. The van der Waals surface area contributed by atoms with Gasteiger partial charge in [0.25, 0.3) is 0 Å². The van der Waals surface area contributed by atoms with E-state index in [4.69, 9.17) is 27.6 Å². The second-order valence-electron chi connectivity index (χ2n) is 3.16. The van der Waals surface area contributed by atoms with Gasteiger partial charge in [0.15, 0.2) is 0 Å². The smallest absolute Gasteiger partial charge is 0.228 e. The molecule has 2 aromatic heterocycles. The number of rotatable bonds is 4. The summed E-state index contributed by atoms with van der Waals surface area (Å²) in [5.41, 5.74) is 1.61. The number of halogens is 2. The molecule has 0 saturated carbocycles. The summed E-state index contributed by atoms with van der Waals surface area (Å²) in [6, 6.07) is 1.76. The molecule has 2 aromatic rings. The number of nitrogens with zero attached hydrogens (tertiary/aromatic N) is 1. The minimum absolute atomic E-state index is 0.515. The van der Waals surface area contributed by atoms with Crippen LogP contribution in [0.4, 0.5) is 0 Å². The Bertz CT molecular complexity index is 481. The summed E-state index contributed by atoms with van der Waals surface area (Å²) in [5, 5.41) is 3.17. The van der Waals surface area contributed by atoms with Gasteiger partial charge in [-0.05, 0) is 12.6 Å². The first-order chi connectivity index (χ1) is 7.70. The molecule has 3 nitrogen and oxygen atoms in total. The molecule has 0 spiro atoms. The molecule has 16 heavy (non-hydrogen) atoms. The van der Waals surface area contributed by atoms with E-state index in [-0.39, 0.29) is 0 Å². The van der Waals surface area contributed by atoms with Crippen molar-refractivity contribution in [3.8, 4) is 11.5 Å². The van der Waals surface area contributed by atoms with Gasteiger partial charge in [0.2, 0.25) is 5.89 Å². The van der Waals surface area contributed by atoms with Crippen LogP contribution in [0, 0.1) is 0 Å². The van der Waals surface area contributed by atoms with Gasteiger partial charge in [-0.15, -0.1) is 11.3 Å². The molecule has 0 aliphatic heterocycles. The van der Waals surface area contributed by atoms with Gasteiger partial charge in [-0.2, -0.15) is 0 Å². The van der Waals surface area contributed by atoms with Gasteiger partial charge in [-0.25, -0.2) is 4.98 Å². The second kappa shape index (κ2) is 5.19. The molecule has 0 fully saturated rings. The van der Waals surface area contributed by atoms with E-state index in [2.05, 4.69) is 10.3 Å². The van der Waals surface area contributed by atoms with Gasteiger partial charge >= 0.3 is 0 Å². The maximum Gasteiger partial charge on any atom is 0.228 e. The third kappa shape index (κ3) is 2.58. The summed E-state index contributed by atoms with van der Waals surface area (Å²) in [6.07, 6.45) is 1.62. The number of aromatic nitrogens is 1. The first-order valence-corrected chi connectivity index (χ1v) is 6.38. The van der Waals surface area contributed by atoms with Crippen LogP contribution in [0.1, 0.15) is 12.6 Å². The van der Waals surface area contributed by atoms with Crippen molar-refractivity contribution in [2.75, 3.05) is 6.54 Å². The van der Waals surface area contributed by atoms with E-state index in [0.29, 0.717) is 21.1 Å². The fourth-order valence-corrected chi connectivity index (χ4v) is 2.70. The fraction of sp³-hybridized carbons (Fsp3) is 0.300. The van der Waals surface area contributed by atoms with Gasteiger partial charge in [0.1, 0.15) is 10.6 Å². The molecule has 0 aliphatic carbocycles. The van der Waals surface area contributed by atoms with Crippen molar-refractivity contribution in [1.82, 2.24) is 10.3 Å². The first kappa shape index (κ1) is 11.9. The van der Waals surface area contributed by atoms with Crippen molar-refractivity contribution in [3.63, 3.8) is 0 Å². The Kier molecular flexibility index (Phi) is 3.86. The van der Waals surface area contributed by atoms with Crippen molar-refractivity contribution in [2.45, 2.75) is 13.5 Å². The fourth-order valence-electron chi connectivity index (χ4n) is 1.25. The molecule has 2 rings (SSSR count). The Morgan fingerprint density at radius 3 is 2.94 bits per heavy atom. The monoisotopic (exact) mass is 276 g/mol. The number of hydrogen-bond donors (Lipinski definition) is 1. The molecule has 0 radical (unpaired) electrons. The molecular weight excluding hydrogens is 267 g/mol. The molecular formula is C10H10Cl2N2OS. The predicted molar refractivity (Wildman–Crippen MR) is 67.2 cm³/mol. The van der Waals surface area contributed by atoms with Crippen LogP contribution in [-0.4, -0.2) is 11.5 Å². The highest BCUT2D eigenvalue weighted by Crippen LogP contribution is 2.37. The van der Waals surface area contributed by atoms with Gasteiger partial charge in [-0.1, -0.05) is 30.1 Å². The molecule has 0 bridgehead atoms.